The summed E-state index contributed by atoms with van der Waals surface area (Å²) in [5, 5.41) is 5.77. The van der Waals surface area contributed by atoms with Gasteiger partial charge in [-0.1, -0.05) is 13.8 Å². The molecule has 0 aliphatic carbocycles. The van der Waals surface area contributed by atoms with E-state index in [2.05, 4.69) is 34.4 Å². The van der Waals surface area contributed by atoms with E-state index in [9.17, 15) is 14.0 Å². The Morgan fingerprint density at radius 3 is 2.50 bits per heavy atom. The summed E-state index contributed by atoms with van der Waals surface area (Å²) in [7, 11) is 0. The van der Waals surface area contributed by atoms with Crippen LogP contribution < -0.4 is 10.6 Å². The van der Waals surface area contributed by atoms with Crippen molar-refractivity contribution in [1.29, 1.82) is 0 Å². The number of benzene rings is 1. The van der Waals surface area contributed by atoms with Crippen LogP contribution in [-0.4, -0.2) is 41.3 Å². The van der Waals surface area contributed by atoms with E-state index in [0.29, 0.717) is 28.9 Å². The van der Waals surface area contributed by atoms with E-state index in [1.54, 1.807) is 12.1 Å². The number of H-pyrrole nitrogens is 1. The van der Waals surface area contributed by atoms with Crippen LogP contribution in [-0.2, 0) is 9.59 Å². The smallest absolute Gasteiger partial charge is 0.256 e. The van der Waals surface area contributed by atoms with Crippen molar-refractivity contribution in [3.8, 4) is 0 Å². The zero-order valence-electron chi connectivity index (χ0n) is 19.1. The molecule has 1 aliphatic rings. The van der Waals surface area contributed by atoms with Crippen LogP contribution in [0.25, 0.3) is 11.6 Å². The summed E-state index contributed by atoms with van der Waals surface area (Å²) in [6.07, 6.45) is 4.27. The molecule has 6 nitrogen and oxygen atoms in total. The van der Waals surface area contributed by atoms with Gasteiger partial charge in [0, 0.05) is 35.6 Å². The first-order valence-corrected chi connectivity index (χ1v) is 10.9. The molecular formula is C24H32ClFN4O2. The van der Waals surface area contributed by atoms with Gasteiger partial charge in [-0.25, -0.2) is 4.39 Å². The van der Waals surface area contributed by atoms with Gasteiger partial charge < -0.3 is 20.5 Å². The molecule has 2 aromatic rings. The zero-order valence-corrected chi connectivity index (χ0v) is 19.9. The average molecular weight is 463 g/mol. The number of amides is 2. The zero-order chi connectivity index (χ0) is 22.5. The number of fused-ring (bicyclic) bond motifs is 1. The minimum Gasteiger partial charge on any atom is -0.357 e. The van der Waals surface area contributed by atoms with Crippen LogP contribution in [0.1, 0.15) is 55.6 Å². The Labute approximate surface area is 195 Å². The molecule has 2 heterocycles. The summed E-state index contributed by atoms with van der Waals surface area (Å²) in [5.74, 6) is -0.703. The lowest BCUT2D eigenvalue weighted by Crippen LogP contribution is -2.29. The van der Waals surface area contributed by atoms with Gasteiger partial charge in [-0.15, -0.1) is 12.4 Å². The van der Waals surface area contributed by atoms with Gasteiger partial charge in [0.2, 0.25) is 5.91 Å². The van der Waals surface area contributed by atoms with E-state index in [1.165, 1.54) is 12.1 Å². The van der Waals surface area contributed by atoms with Crippen LogP contribution in [0.2, 0.25) is 0 Å². The molecule has 3 N–H and O–H groups in total. The highest BCUT2D eigenvalue weighted by Gasteiger charge is 2.25. The average Bonchev–Trinajstić information content (AvgIpc) is 3.17. The van der Waals surface area contributed by atoms with Crippen molar-refractivity contribution in [1.82, 2.24) is 9.88 Å². The van der Waals surface area contributed by atoms with Crippen LogP contribution in [0.15, 0.2) is 18.2 Å². The van der Waals surface area contributed by atoms with Crippen molar-refractivity contribution in [2.75, 3.05) is 30.3 Å². The first-order chi connectivity index (χ1) is 14.8. The van der Waals surface area contributed by atoms with Crippen LogP contribution in [0.4, 0.5) is 15.8 Å². The van der Waals surface area contributed by atoms with Gasteiger partial charge >= 0.3 is 0 Å². The lowest BCUT2D eigenvalue weighted by Gasteiger charge is -2.20. The molecule has 3 rings (SSSR count). The van der Waals surface area contributed by atoms with Crippen LogP contribution in [0.3, 0.4) is 0 Å². The van der Waals surface area contributed by atoms with Gasteiger partial charge in [0.15, 0.2) is 0 Å². The second kappa shape index (κ2) is 11.3. The largest absolute Gasteiger partial charge is 0.357 e. The predicted molar refractivity (Wildman–Crippen MR) is 131 cm³/mol. The second-order valence-electron chi connectivity index (χ2n) is 8.01. The summed E-state index contributed by atoms with van der Waals surface area (Å²) in [6.45, 7) is 10.8. The maximum Gasteiger partial charge on any atom is 0.256 e. The quantitative estimate of drug-likeness (QED) is 0.452. The normalized spacial score (nSPS) is 13.8. The van der Waals surface area contributed by atoms with Crippen LogP contribution >= 0.6 is 12.4 Å². The van der Waals surface area contributed by atoms with Crippen molar-refractivity contribution in [2.24, 2.45) is 0 Å². The molecule has 174 valence electrons. The summed E-state index contributed by atoms with van der Waals surface area (Å²) < 4.78 is 13.7. The van der Waals surface area contributed by atoms with Gasteiger partial charge in [0.1, 0.15) is 5.82 Å². The van der Waals surface area contributed by atoms with E-state index in [-0.39, 0.29) is 24.2 Å². The molecule has 0 bridgehead atoms. The molecule has 0 fully saturated rings. The van der Waals surface area contributed by atoms with E-state index in [0.717, 1.165) is 49.4 Å². The Hall–Kier alpha value is -2.64. The Balaban J connectivity index is 0.00000363. The molecule has 0 saturated carbocycles. The van der Waals surface area contributed by atoms with E-state index in [4.69, 9.17) is 0 Å². The first-order valence-electron chi connectivity index (χ1n) is 10.9. The minimum atomic E-state index is -0.395. The van der Waals surface area contributed by atoms with Crippen molar-refractivity contribution in [3.05, 3.63) is 46.5 Å². The molecule has 1 aromatic heterocycles. The number of nitrogens with zero attached hydrogens (tertiary/aromatic N) is 1. The van der Waals surface area contributed by atoms with Gasteiger partial charge in [0.05, 0.1) is 11.3 Å². The van der Waals surface area contributed by atoms with Crippen molar-refractivity contribution in [3.63, 3.8) is 0 Å². The predicted octanol–water partition coefficient (Wildman–Crippen LogP) is 5.14. The number of carbonyl (C=O) groups is 2. The fraction of sp³-hybridized carbons (Fsp3) is 0.417. The Bertz CT molecular complexity index is 1010. The van der Waals surface area contributed by atoms with Crippen molar-refractivity contribution < 1.29 is 14.0 Å². The maximum atomic E-state index is 13.7. The molecule has 0 radical (unpaired) electrons. The third kappa shape index (κ3) is 5.78. The number of rotatable bonds is 9. The molecule has 1 aliphatic heterocycles. The molecule has 0 saturated heterocycles. The molecule has 0 unspecified atom stereocenters. The number of nitrogens with one attached hydrogen (secondary N) is 3. The van der Waals surface area contributed by atoms with Crippen molar-refractivity contribution >= 4 is 47.2 Å². The van der Waals surface area contributed by atoms with E-state index >= 15 is 0 Å². The highest BCUT2D eigenvalue weighted by molar-refractivity contribution is 6.34. The minimum absolute atomic E-state index is 0. The fourth-order valence-electron chi connectivity index (χ4n) is 3.98. The molecule has 1 aromatic carbocycles. The second-order valence-corrected chi connectivity index (χ2v) is 8.01. The molecule has 8 heteroatoms. The van der Waals surface area contributed by atoms with Crippen LogP contribution in [0.5, 0.6) is 0 Å². The lowest BCUT2D eigenvalue weighted by atomic mass is 10.0. The van der Waals surface area contributed by atoms with Crippen LogP contribution in [0, 0.1) is 19.7 Å². The topological polar surface area (TPSA) is 77.2 Å². The number of hydrogen-bond donors (Lipinski definition) is 3. The summed E-state index contributed by atoms with van der Waals surface area (Å²) in [4.78, 5) is 30.5. The fourth-order valence-corrected chi connectivity index (χ4v) is 3.98. The van der Waals surface area contributed by atoms with Gasteiger partial charge in [-0.2, -0.15) is 0 Å². The molecular weight excluding hydrogens is 431 g/mol. The number of aryl methyl sites for hydroxylation is 1. The first kappa shape index (κ1) is 25.6. The van der Waals surface area contributed by atoms with Gasteiger partial charge in [-0.05, 0) is 69.6 Å². The molecule has 0 atom stereocenters. The van der Waals surface area contributed by atoms with Gasteiger partial charge in [-0.3, -0.25) is 9.59 Å². The maximum absolute atomic E-state index is 13.7. The monoisotopic (exact) mass is 462 g/mol. The third-order valence-electron chi connectivity index (χ3n) is 5.53. The molecule has 32 heavy (non-hydrogen) atoms. The van der Waals surface area contributed by atoms with E-state index in [1.807, 2.05) is 13.8 Å². The number of halogens is 2. The number of hydrogen-bond acceptors (Lipinski definition) is 3. The third-order valence-corrected chi connectivity index (χ3v) is 5.53. The van der Waals surface area contributed by atoms with E-state index < -0.39 is 5.82 Å². The number of aromatic nitrogens is 1. The molecule has 0 spiro atoms. The summed E-state index contributed by atoms with van der Waals surface area (Å²) >= 11 is 0. The van der Waals surface area contributed by atoms with Crippen molar-refractivity contribution in [2.45, 2.75) is 47.0 Å². The summed E-state index contributed by atoms with van der Waals surface area (Å²) in [6, 6.07) is 4.23. The Kier molecular flexibility index (Phi) is 9.04. The molecule has 2 amide bonds. The highest BCUT2D eigenvalue weighted by Crippen LogP contribution is 2.35. The standard InChI is InChI=1S/C24H31FN4O2.ClH/c1-5-10-29(11-6-2)12-9-22(30)28-23-15(3)21(26-16(23)4)14-19-18-13-17(25)7-8-20(18)27-24(19)31;/h7-8,13-14,26H,5-6,9-12H2,1-4H3,(H,27,31)(H,28,30);1H/b19-14-;. The van der Waals surface area contributed by atoms with Gasteiger partial charge in [0.25, 0.3) is 5.91 Å². The lowest BCUT2D eigenvalue weighted by molar-refractivity contribution is -0.116. The number of aromatic amines is 1. The summed E-state index contributed by atoms with van der Waals surface area (Å²) in [5.41, 5.74) is 4.63. The Morgan fingerprint density at radius 2 is 1.84 bits per heavy atom. The number of carbonyl (C=O) groups excluding carboxylic acids is 2. The number of anilines is 2. The highest BCUT2D eigenvalue weighted by atomic mass is 35.5. The Morgan fingerprint density at radius 1 is 1.16 bits per heavy atom. The SMILES string of the molecule is CCCN(CCC)CCC(=O)Nc1c(C)[nH]c(/C=C2\C(=O)Nc3ccc(F)cc32)c1C.Cl.